The van der Waals surface area contributed by atoms with Crippen LogP contribution in [-0.2, 0) is 7.05 Å². The molecule has 2 unspecified atom stereocenters. The van der Waals surface area contributed by atoms with Crippen molar-refractivity contribution in [2.45, 2.75) is 32.1 Å². The zero-order valence-corrected chi connectivity index (χ0v) is 16.4. The first kappa shape index (κ1) is 18.5. The molecule has 0 bridgehead atoms. The van der Waals surface area contributed by atoms with E-state index in [-0.39, 0.29) is 0 Å². The molecular weight excluding hydrogens is 322 g/mol. The summed E-state index contributed by atoms with van der Waals surface area (Å²) < 4.78 is 1.89. The molecule has 1 N–H and O–H groups in total. The molecule has 0 amide bonds. The van der Waals surface area contributed by atoms with Gasteiger partial charge >= 0.3 is 0 Å². The van der Waals surface area contributed by atoms with E-state index >= 15 is 0 Å². The van der Waals surface area contributed by atoms with Crippen molar-refractivity contribution in [3.05, 3.63) is 53.9 Å². The fourth-order valence-corrected chi connectivity index (χ4v) is 3.85. The number of hydrogen-bond donors (Lipinski definition) is 1. The lowest BCUT2D eigenvalue weighted by Gasteiger charge is -2.26. The number of hydrogen-bond acceptors (Lipinski definition) is 2. The van der Waals surface area contributed by atoms with E-state index in [0.29, 0.717) is 17.8 Å². The summed E-state index contributed by atoms with van der Waals surface area (Å²) in [5.41, 5.74) is 2.72. The van der Waals surface area contributed by atoms with E-state index in [0.717, 1.165) is 32.0 Å². The number of likely N-dealkylation sites (tertiary alicyclic amines) is 1. The van der Waals surface area contributed by atoms with E-state index in [1.54, 1.807) is 0 Å². The Bertz CT molecular complexity index is 719. The second-order valence-electron chi connectivity index (χ2n) is 7.57. The van der Waals surface area contributed by atoms with Crippen LogP contribution in [0.2, 0.25) is 0 Å². The van der Waals surface area contributed by atoms with Crippen LogP contribution < -0.4 is 5.32 Å². The lowest BCUT2D eigenvalue weighted by molar-refractivity contribution is 0.452. The fourth-order valence-electron chi connectivity index (χ4n) is 3.85. The molecule has 1 aliphatic heterocycles. The van der Waals surface area contributed by atoms with Gasteiger partial charge in [0.15, 0.2) is 5.96 Å². The van der Waals surface area contributed by atoms with Gasteiger partial charge in [0.2, 0.25) is 0 Å². The van der Waals surface area contributed by atoms with Gasteiger partial charge in [-0.2, -0.15) is 5.10 Å². The summed E-state index contributed by atoms with van der Waals surface area (Å²) in [6, 6.07) is 10.8. The third kappa shape index (κ3) is 4.26. The van der Waals surface area contributed by atoms with Gasteiger partial charge in [-0.05, 0) is 23.5 Å². The van der Waals surface area contributed by atoms with Gasteiger partial charge in [-0.3, -0.25) is 9.67 Å². The number of guanidine groups is 1. The van der Waals surface area contributed by atoms with Crippen molar-refractivity contribution in [3.8, 4) is 0 Å². The van der Waals surface area contributed by atoms with Crippen molar-refractivity contribution in [2.75, 3.05) is 26.7 Å². The van der Waals surface area contributed by atoms with E-state index in [9.17, 15) is 0 Å². The summed E-state index contributed by atoms with van der Waals surface area (Å²) >= 11 is 0. The van der Waals surface area contributed by atoms with Gasteiger partial charge in [-0.1, -0.05) is 44.2 Å². The van der Waals surface area contributed by atoms with E-state index in [1.807, 2.05) is 25.0 Å². The van der Waals surface area contributed by atoms with Crippen LogP contribution in [0.5, 0.6) is 0 Å². The Morgan fingerprint density at radius 1 is 1.31 bits per heavy atom. The molecule has 3 rings (SSSR count). The molecule has 0 aliphatic carbocycles. The largest absolute Gasteiger partial charge is 0.356 e. The molecule has 5 heteroatoms. The van der Waals surface area contributed by atoms with E-state index in [1.165, 1.54) is 11.1 Å². The second kappa shape index (κ2) is 8.39. The molecule has 1 fully saturated rings. The van der Waals surface area contributed by atoms with Crippen LogP contribution in [-0.4, -0.2) is 47.3 Å². The number of nitrogens with one attached hydrogen (secondary N) is 1. The molecule has 0 radical (unpaired) electrons. The summed E-state index contributed by atoms with van der Waals surface area (Å²) in [4.78, 5) is 6.91. The topological polar surface area (TPSA) is 45.5 Å². The number of aromatic nitrogens is 2. The molecule has 140 valence electrons. The van der Waals surface area contributed by atoms with Crippen molar-refractivity contribution in [2.24, 2.45) is 18.0 Å². The highest BCUT2D eigenvalue weighted by molar-refractivity contribution is 5.80. The van der Waals surface area contributed by atoms with Gasteiger partial charge in [0.25, 0.3) is 0 Å². The summed E-state index contributed by atoms with van der Waals surface area (Å²) in [6.45, 7) is 7.52. The van der Waals surface area contributed by atoms with Crippen LogP contribution in [0.25, 0.3) is 0 Å². The third-order valence-electron chi connectivity index (χ3n) is 5.41. The van der Waals surface area contributed by atoms with E-state index in [2.05, 4.69) is 70.7 Å². The lowest BCUT2D eigenvalue weighted by Crippen LogP contribution is -2.42. The van der Waals surface area contributed by atoms with Crippen molar-refractivity contribution in [1.82, 2.24) is 20.0 Å². The third-order valence-corrected chi connectivity index (χ3v) is 5.41. The first-order valence-electron chi connectivity index (χ1n) is 9.57. The Morgan fingerprint density at radius 2 is 2.08 bits per heavy atom. The van der Waals surface area contributed by atoms with Crippen LogP contribution in [0.3, 0.4) is 0 Å². The highest BCUT2D eigenvalue weighted by Crippen LogP contribution is 2.27. The number of aryl methyl sites for hydroxylation is 1. The molecule has 1 aromatic heterocycles. The zero-order valence-electron chi connectivity index (χ0n) is 16.4. The quantitative estimate of drug-likeness (QED) is 0.663. The maximum atomic E-state index is 4.54. The maximum absolute atomic E-state index is 4.54. The normalized spacial score (nSPS) is 19.2. The first-order valence-corrected chi connectivity index (χ1v) is 9.57. The minimum Gasteiger partial charge on any atom is -0.356 e. The monoisotopic (exact) mass is 353 g/mol. The van der Waals surface area contributed by atoms with Crippen molar-refractivity contribution in [1.29, 1.82) is 0 Å². The average Bonchev–Trinajstić information content (AvgIpc) is 3.28. The lowest BCUT2D eigenvalue weighted by atomic mass is 9.88. The second-order valence-corrected chi connectivity index (χ2v) is 7.57. The van der Waals surface area contributed by atoms with E-state index in [4.69, 9.17) is 0 Å². The van der Waals surface area contributed by atoms with Crippen LogP contribution in [0.1, 0.15) is 43.2 Å². The van der Waals surface area contributed by atoms with Gasteiger partial charge in [0.1, 0.15) is 0 Å². The highest BCUT2D eigenvalue weighted by Gasteiger charge is 2.27. The Hall–Kier alpha value is -2.30. The Morgan fingerprint density at radius 3 is 2.69 bits per heavy atom. The Kier molecular flexibility index (Phi) is 5.96. The van der Waals surface area contributed by atoms with Crippen LogP contribution >= 0.6 is 0 Å². The van der Waals surface area contributed by atoms with Gasteiger partial charge < -0.3 is 10.2 Å². The highest BCUT2D eigenvalue weighted by atomic mass is 15.3. The molecule has 5 nitrogen and oxygen atoms in total. The predicted molar refractivity (Wildman–Crippen MR) is 108 cm³/mol. The number of rotatable bonds is 5. The molecule has 1 aliphatic rings. The summed E-state index contributed by atoms with van der Waals surface area (Å²) in [5, 5.41) is 7.94. The zero-order chi connectivity index (χ0) is 18.5. The predicted octanol–water partition coefficient (Wildman–Crippen LogP) is 3.22. The average molecular weight is 354 g/mol. The molecule has 0 spiro atoms. The smallest absolute Gasteiger partial charge is 0.193 e. The fraction of sp³-hybridized carbons (Fsp3) is 0.524. The molecule has 2 heterocycles. The molecule has 1 aromatic carbocycles. The molecule has 0 saturated carbocycles. The van der Waals surface area contributed by atoms with Crippen LogP contribution in [0.4, 0.5) is 0 Å². The standard InChI is InChI=1S/C21H31N5/c1-16(2)20(17-8-6-5-7-9-17)13-23-21(22-3)26-11-10-18(15-26)19-12-24-25(4)14-19/h5-9,12,14,16,18,20H,10-11,13,15H2,1-4H3,(H,22,23). The molecular formula is C21H31N5. The first-order chi connectivity index (χ1) is 12.6. The van der Waals surface area contributed by atoms with Crippen molar-refractivity contribution in [3.63, 3.8) is 0 Å². The van der Waals surface area contributed by atoms with Gasteiger partial charge in [-0.25, -0.2) is 0 Å². The molecule has 1 saturated heterocycles. The van der Waals surface area contributed by atoms with Crippen LogP contribution in [0.15, 0.2) is 47.7 Å². The van der Waals surface area contributed by atoms with Gasteiger partial charge in [0, 0.05) is 51.8 Å². The van der Waals surface area contributed by atoms with Crippen molar-refractivity contribution >= 4 is 5.96 Å². The van der Waals surface area contributed by atoms with Crippen molar-refractivity contribution < 1.29 is 0 Å². The molecule has 2 atom stereocenters. The summed E-state index contributed by atoms with van der Waals surface area (Å²) in [7, 11) is 3.86. The minimum atomic E-state index is 0.477. The number of aliphatic imine (C=N–C) groups is 1. The molecule has 2 aromatic rings. The van der Waals surface area contributed by atoms with Gasteiger partial charge in [-0.15, -0.1) is 0 Å². The number of benzene rings is 1. The molecule has 26 heavy (non-hydrogen) atoms. The maximum Gasteiger partial charge on any atom is 0.193 e. The minimum absolute atomic E-state index is 0.477. The Balaban J connectivity index is 1.61. The van der Waals surface area contributed by atoms with Gasteiger partial charge in [0.05, 0.1) is 6.20 Å². The summed E-state index contributed by atoms with van der Waals surface area (Å²) in [6.07, 6.45) is 5.28. The summed E-state index contributed by atoms with van der Waals surface area (Å²) in [5.74, 6) is 2.60. The van der Waals surface area contributed by atoms with E-state index < -0.39 is 0 Å². The van der Waals surface area contributed by atoms with Crippen LogP contribution in [0, 0.1) is 5.92 Å². The SMILES string of the molecule is CN=C(NCC(c1ccccc1)C(C)C)N1CCC(c2cnn(C)c2)C1. The Labute approximate surface area is 157 Å². The number of nitrogens with zero attached hydrogens (tertiary/aromatic N) is 4.